The summed E-state index contributed by atoms with van der Waals surface area (Å²) in [7, 11) is 1.43. The van der Waals surface area contributed by atoms with E-state index in [4.69, 9.17) is 4.74 Å². The molecule has 0 fully saturated rings. The minimum atomic E-state index is -0.392. The Labute approximate surface area is 134 Å². The number of esters is 2. The summed E-state index contributed by atoms with van der Waals surface area (Å²) in [6, 6.07) is 0. The van der Waals surface area contributed by atoms with Gasteiger partial charge in [-0.1, -0.05) is 57.8 Å². The van der Waals surface area contributed by atoms with Crippen LogP contribution in [0.3, 0.4) is 0 Å². The second-order valence-electron chi connectivity index (χ2n) is 5.36. The molecule has 4 heteroatoms. The first kappa shape index (κ1) is 20.4. The number of carbonyl (C=O) groups excluding carboxylic acids is 2. The van der Waals surface area contributed by atoms with Crippen LogP contribution in [0.2, 0.25) is 0 Å². The molecule has 0 aliphatic carbocycles. The Kier molecular flexibility index (Phi) is 13.3. The van der Waals surface area contributed by atoms with Crippen LogP contribution in [0, 0.1) is 0 Å². The molecule has 0 bridgehead atoms. The van der Waals surface area contributed by atoms with E-state index in [2.05, 4.69) is 17.9 Å². The van der Waals surface area contributed by atoms with Crippen LogP contribution in [0.5, 0.6) is 0 Å². The van der Waals surface area contributed by atoms with Crippen LogP contribution in [0.4, 0.5) is 0 Å². The van der Waals surface area contributed by atoms with Crippen LogP contribution >= 0.6 is 0 Å². The van der Waals surface area contributed by atoms with Crippen LogP contribution in [0.1, 0.15) is 64.2 Å². The molecular formula is C18H30O4. The van der Waals surface area contributed by atoms with Gasteiger partial charge in [-0.25, -0.2) is 4.79 Å². The summed E-state index contributed by atoms with van der Waals surface area (Å²) in [4.78, 5) is 22.0. The summed E-state index contributed by atoms with van der Waals surface area (Å²) >= 11 is 0. The molecular weight excluding hydrogens is 280 g/mol. The number of unbranched alkanes of at least 4 members (excludes halogenated alkanes) is 7. The molecule has 0 aliphatic heterocycles. The fourth-order valence-electron chi connectivity index (χ4n) is 2.20. The summed E-state index contributed by atoms with van der Waals surface area (Å²) in [5.74, 6) is -0.509. The maximum Gasteiger partial charge on any atom is 0.330 e. The summed E-state index contributed by atoms with van der Waals surface area (Å²) in [6.45, 7) is 7.06. The third kappa shape index (κ3) is 12.2. The van der Waals surface area contributed by atoms with Gasteiger partial charge in [0.25, 0.3) is 0 Å². The zero-order valence-corrected chi connectivity index (χ0v) is 13.9. The first-order valence-electron chi connectivity index (χ1n) is 8.16. The predicted molar refractivity (Wildman–Crippen MR) is 88.5 cm³/mol. The van der Waals surface area contributed by atoms with Crippen molar-refractivity contribution in [2.45, 2.75) is 70.3 Å². The van der Waals surface area contributed by atoms with Crippen molar-refractivity contribution in [1.29, 1.82) is 0 Å². The minimum absolute atomic E-state index is 0.117. The van der Waals surface area contributed by atoms with Gasteiger partial charge in [-0.2, -0.15) is 0 Å². The van der Waals surface area contributed by atoms with Gasteiger partial charge in [-0.3, -0.25) is 4.79 Å². The first-order chi connectivity index (χ1) is 10.6. The molecule has 0 aromatic carbocycles. The van der Waals surface area contributed by atoms with Gasteiger partial charge < -0.3 is 9.47 Å². The fraction of sp³-hybridized carbons (Fsp3) is 0.667. The third-order valence-electron chi connectivity index (χ3n) is 3.54. The molecule has 0 saturated heterocycles. The van der Waals surface area contributed by atoms with E-state index < -0.39 is 5.97 Å². The number of hydrogen-bond acceptors (Lipinski definition) is 4. The van der Waals surface area contributed by atoms with E-state index in [1.807, 2.05) is 0 Å². The number of rotatable bonds is 14. The smallest absolute Gasteiger partial charge is 0.330 e. The van der Waals surface area contributed by atoms with Crippen LogP contribution in [0.15, 0.2) is 25.3 Å². The second kappa shape index (κ2) is 14.4. The molecule has 22 heavy (non-hydrogen) atoms. The van der Waals surface area contributed by atoms with Crippen molar-refractivity contribution >= 4 is 11.9 Å². The standard InChI is InChI=1S/C18H30O4/c1-4-16(22-17(19)5-2)14-12-10-8-6-7-9-11-13-15-18(20)21-3/h4-5,16H,1-2,6-15H2,3H3. The Bertz CT molecular complexity index is 336. The van der Waals surface area contributed by atoms with Gasteiger partial charge >= 0.3 is 11.9 Å². The number of hydrogen-bond donors (Lipinski definition) is 0. The average Bonchev–Trinajstić information content (AvgIpc) is 2.54. The third-order valence-corrected chi connectivity index (χ3v) is 3.54. The molecule has 1 unspecified atom stereocenters. The van der Waals surface area contributed by atoms with E-state index in [9.17, 15) is 9.59 Å². The molecule has 0 N–H and O–H groups in total. The maximum absolute atomic E-state index is 11.1. The van der Waals surface area contributed by atoms with Gasteiger partial charge in [0.15, 0.2) is 0 Å². The summed E-state index contributed by atoms with van der Waals surface area (Å²) in [5.41, 5.74) is 0. The van der Waals surface area contributed by atoms with Gasteiger partial charge in [-0.05, 0) is 19.3 Å². The Balaban J connectivity index is 3.38. The fourth-order valence-corrected chi connectivity index (χ4v) is 2.20. The number of carbonyl (C=O) groups is 2. The van der Waals surface area contributed by atoms with E-state index in [0.717, 1.165) is 32.1 Å². The maximum atomic E-state index is 11.1. The van der Waals surface area contributed by atoms with Gasteiger partial charge in [-0.15, -0.1) is 0 Å². The topological polar surface area (TPSA) is 52.6 Å². The average molecular weight is 310 g/mol. The van der Waals surface area contributed by atoms with Crippen molar-refractivity contribution in [3.8, 4) is 0 Å². The van der Waals surface area contributed by atoms with Gasteiger partial charge in [0.2, 0.25) is 0 Å². The van der Waals surface area contributed by atoms with E-state index in [-0.39, 0.29) is 12.1 Å². The lowest BCUT2D eigenvalue weighted by Crippen LogP contribution is -2.13. The van der Waals surface area contributed by atoms with Crippen LogP contribution < -0.4 is 0 Å². The molecule has 0 radical (unpaired) electrons. The normalized spacial score (nSPS) is 11.5. The highest BCUT2D eigenvalue weighted by atomic mass is 16.5. The molecule has 0 heterocycles. The van der Waals surface area contributed by atoms with Crippen LogP contribution in [0.25, 0.3) is 0 Å². The van der Waals surface area contributed by atoms with Crippen molar-refractivity contribution in [2.75, 3.05) is 7.11 Å². The highest BCUT2D eigenvalue weighted by molar-refractivity contribution is 5.81. The molecule has 0 rings (SSSR count). The Morgan fingerprint density at radius 3 is 2.00 bits per heavy atom. The highest BCUT2D eigenvalue weighted by Crippen LogP contribution is 2.13. The molecule has 4 nitrogen and oxygen atoms in total. The zero-order chi connectivity index (χ0) is 16.6. The lowest BCUT2D eigenvalue weighted by Gasteiger charge is -2.12. The van der Waals surface area contributed by atoms with Crippen LogP contribution in [-0.4, -0.2) is 25.2 Å². The summed E-state index contributed by atoms with van der Waals surface area (Å²) in [6.07, 6.45) is 12.9. The van der Waals surface area contributed by atoms with E-state index >= 15 is 0 Å². The van der Waals surface area contributed by atoms with Crippen molar-refractivity contribution in [3.63, 3.8) is 0 Å². The molecule has 0 saturated carbocycles. The Morgan fingerprint density at radius 1 is 0.955 bits per heavy atom. The Hall–Kier alpha value is -1.58. The van der Waals surface area contributed by atoms with Crippen molar-refractivity contribution in [2.24, 2.45) is 0 Å². The van der Waals surface area contributed by atoms with Crippen molar-refractivity contribution in [3.05, 3.63) is 25.3 Å². The van der Waals surface area contributed by atoms with Crippen LogP contribution in [-0.2, 0) is 19.1 Å². The minimum Gasteiger partial charge on any atom is -0.469 e. The largest absolute Gasteiger partial charge is 0.469 e. The molecule has 0 aliphatic rings. The monoisotopic (exact) mass is 310 g/mol. The van der Waals surface area contributed by atoms with Gasteiger partial charge in [0, 0.05) is 12.5 Å². The summed E-state index contributed by atoms with van der Waals surface area (Å²) in [5, 5.41) is 0. The molecule has 0 spiro atoms. The Morgan fingerprint density at radius 2 is 1.50 bits per heavy atom. The SMILES string of the molecule is C=CC(=O)OC(C=C)CCCCCCCCCCC(=O)OC. The quantitative estimate of drug-likeness (QED) is 0.207. The second-order valence-corrected chi connectivity index (χ2v) is 5.36. The van der Waals surface area contributed by atoms with E-state index in [1.54, 1.807) is 6.08 Å². The molecule has 1 atom stereocenters. The van der Waals surface area contributed by atoms with E-state index in [1.165, 1.54) is 38.9 Å². The number of ether oxygens (including phenoxy) is 2. The number of methoxy groups -OCH3 is 1. The molecule has 0 aromatic rings. The van der Waals surface area contributed by atoms with Gasteiger partial charge in [0.1, 0.15) is 6.10 Å². The van der Waals surface area contributed by atoms with Gasteiger partial charge in [0.05, 0.1) is 7.11 Å². The lowest BCUT2D eigenvalue weighted by atomic mass is 10.0. The molecule has 126 valence electrons. The zero-order valence-electron chi connectivity index (χ0n) is 13.9. The molecule has 0 amide bonds. The lowest BCUT2D eigenvalue weighted by molar-refractivity contribution is -0.141. The van der Waals surface area contributed by atoms with Crippen molar-refractivity contribution in [1.82, 2.24) is 0 Å². The first-order valence-corrected chi connectivity index (χ1v) is 8.16. The predicted octanol–water partition coefficient (Wildman–Crippen LogP) is 4.34. The highest BCUT2D eigenvalue weighted by Gasteiger charge is 2.07. The summed E-state index contributed by atoms with van der Waals surface area (Å²) < 4.78 is 9.74. The molecule has 0 aromatic heterocycles. The van der Waals surface area contributed by atoms with E-state index in [0.29, 0.717) is 6.42 Å². The van der Waals surface area contributed by atoms with Crippen molar-refractivity contribution < 1.29 is 19.1 Å².